The zero-order valence-electron chi connectivity index (χ0n) is 13.4. The van der Waals surface area contributed by atoms with E-state index in [2.05, 4.69) is 36.5 Å². The van der Waals surface area contributed by atoms with Crippen molar-refractivity contribution < 1.29 is 8.42 Å². The van der Waals surface area contributed by atoms with Gasteiger partial charge in [-0.15, -0.1) is 0 Å². The molecule has 1 aromatic carbocycles. The molecule has 4 nitrogen and oxygen atoms in total. The van der Waals surface area contributed by atoms with Crippen LogP contribution in [0.1, 0.15) is 32.3 Å². The van der Waals surface area contributed by atoms with E-state index < -0.39 is 10.0 Å². The Hall–Kier alpha value is -0.910. The second-order valence-electron chi connectivity index (χ2n) is 5.49. The molecule has 0 amide bonds. The maximum absolute atomic E-state index is 11.5. The highest BCUT2D eigenvalue weighted by Crippen LogP contribution is 2.05. The first kappa shape index (κ1) is 18.1. The quantitative estimate of drug-likeness (QED) is 0.674. The van der Waals surface area contributed by atoms with Gasteiger partial charge in [0.25, 0.3) is 0 Å². The lowest BCUT2D eigenvalue weighted by molar-refractivity contribution is 0.409. The number of nitrogens with zero attached hydrogens (tertiary/aromatic N) is 1. The van der Waals surface area contributed by atoms with Crippen LogP contribution in [0, 0.1) is 0 Å². The third-order valence-corrected chi connectivity index (χ3v) is 4.99. The van der Waals surface area contributed by atoms with Gasteiger partial charge in [0.2, 0.25) is 10.0 Å². The van der Waals surface area contributed by atoms with Crippen LogP contribution < -0.4 is 5.32 Å². The van der Waals surface area contributed by atoms with Gasteiger partial charge in [-0.1, -0.05) is 37.3 Å². The van der Waals surface area contributed by atoms with Gasteiger partial charge in [-0.05, 0) is 38.3 Å². The fourth-order valence-electron chi connectivity index (χ4n) is 2.29. The number of rotatable bonds is 10. The standard InChI is InChI=1S/C16H28N2O2S/c1-4-18(21(3,19)20)14-8-13-17-15(2)11-12-16-9-6-5-7-10-16/h5-7,9-10,15,17H,4,8,11-14H2,1-3H3. The molecule has 0 aliphatic rings. The third-order valence-electron chi connectivity index (χ3n) is 3.61. The zero-order chi connectivity index (χ0) is 15.7. The average molecular weight is 312 g/mol. The molecule has 0 aliphatic carbocycles. The van der Waals surface area contributed by atoms with Gasteiger partial charge < -0.3 is 5.32 Å². The number of sulfonamides is 1. The van der Waals surface area contributed by atoms with Crippen molar-refractivity contribution in [3.05, 3.63) is 35.9 Å². The first-order chi connectivity index (χ1) is 9.93. The van der Waals surface area contributed by atoms with Crippen LogP contribution in [0.5, 0.6) is 0 Å². The lowest BCUT2D eigenvalue weighted by atomic mass is 10.1. The van der Waals surface area contributed by atoms with Crippen LogP contribution in [0.25, 0.3) is 0 Å². The van der Waals surface area contributed by atoms with E-state index in [4.69, 9.17) is 0 Å². The van der Waals surface area contributed by atoms with Crippen molar-refractivity contribution in [3.63, 3.8) is 0 Å². The van der Waals surface area contributed by atoms with Gasteiger partial charge in [0, 0.05) is 19.1 Å². The highest BCUT2D eigenvalue weighted by molar-refractivity contribution is 7.88. The second-order valence-corrected chi connectivity index (χ2v) is 7.47. The first-order valence-electron chi connectivity index (χ1n) is 7.66. The summed E-state index contributed by atoms with van der Waals surface area (Å²) in [5.41, 5.74) is 1.36. The Labute approximate surface area is 129 Å². The minimum atomic E-state index is -3.06. The van der Waals surface area contributed by atoms with Crippen LogP contribution in [0.2, 0.25) is 0 Å². The van der Waals surface area contributed by atoms with Gasteiger partial charge in [0.15, 0.2) is 0 Å². The normalized spacial score (nSPS) is 13.5. The smallest absolute Gasteiger partial charge is 0.211 e. The molecule has 0 radical (unpaired) electrons. The van der Waals surface area contributed by atoms with Crippen molar-refractivity contribution in [2.45, 2.75) is 39.2 Å². The summed E-state index contributed by atoms with van der Waals surface area (Å²) < 4.78 is 24.4. The summed E-state index contributed by atoms with van der Waals surface area (Å²) in [5, 5.41) is 3.46. The molecule has 0 heterocycles. The third kappa shape index (κ3) is 7.60. The number of hydrogen-bond acceptors (Lipinski definition) is 3. The molecule has 1 aromatic rings. The molecule has 1 rings (SSSR count). The van der Waals surface area contributed by atoms with Gasteiger partial charge in [-0.2, -0.15) is 0 Å². The zero-order valence-corrected chi connectivity index (χ0v) is 14.2. The number of aryl methyl sites for hydroxylation is 1. The van der Waals surface area contributed by atoms with E-state index in [0.717, 1.165) is 25.8 Å². The van der Waals surface area contributed by atoms with Gasteiger partial charge in [-0.25, -0.2) is 12.7 Å². The SMILES string of the molecule is CCN(CCCNC(C)CCc1ccccc1)S(C)(=O)=O. The molecule has 0 fully saturated rings. The molecule has 0 aromatic heterocycles. The number of hydrogen-bond donors (Lipinski definition) is 1. The Bertz CT molecular complexity index is 488. The van der Waals surface area contributed by atoms with E-state index in [9.17, 15) is 8.42 Å². The fourth-order valence-corrected chi connectivity index (χ4v) is 3.22. The maximum atomic E-state index is 11.5. The van der Waals surface area contributed by atoms with Crippen LogP contribution >= 0.6 is 0 Å². The average Bonchev–Trinajstić information content (AvgIpc) is 2.45. The van der Waals surface area contributed by atoms with E-state index in [1.165, 1.54) is 16.1 Å². The lowest BCUT2D eigenvalue weighted by Crippen LogP contribution is -2.34. The first-order valence-corrected chi connectivity index (χ1v) is 9.50. The predicted molar refractivity (Wildman–Crippen MR) is 88.9 cm³/mol. The molecule has 0 saturated heterocycles. The molecule has 1 atom stereocenters. The Kier molecular flexibility index (Phi) is 7.93. The fraction of sp³-hybridized carbons (Fsp3) is 0.625. The van der Waals surface area contributed by atoms with E-state index in [1.807, 2.05) is 13.0 Å². The van der Waals surface area contributed by atoms with Crippen LogP contribution in [-0.2, 0) is 16.4 Å². The minimum Gasteiger partial charge on any atom is -0.314 e. The Morgan fingerprint density at radius 2 is 1.90 bits per heavy atom. The summed E-state index contributed by atoms with van der Waals surface area (Å²) in [5.74, 6) is 0. The summed E-state index contributed by atoms with van der Waals surface area (Å²) >= 11 is 0. The van der Waals surface area contributed by atoms with Crippen molar-refractivity contribution in [3.8, 4) is 0 Å². The van der Waals surface area contributed by atoms with Crippen molar-refractivity contribution in [1.82, 2.24) is 9.62 Å². The molecule has 21 heavy (non-hydrogen) atoms. The summed E-state index contributed by atoms with van der Waals surface area (Å²) in [6.45, 7) is 6.03. The van der Waals surface area contributed by atoms with Crippen molar-refractivity contribution in [2.24, 2.45) is 0 Å². The molecule has 120 valence electrons. The minimum absolute atomic E-state index is 0.443. The molecule has 0 bridgehead atoms. The van der Waals surface area contributed by atoms with Gasteiger partial charge in [-0.3, -0.25) is 0 Å². The monoisotopic (exact) mass is 312 g/mol. The molecule has 0 aliphatic heterocycles. The Morgan fingerprint density at radius 3 is 2.48 bits per heavy atom. The summed E-state index contributed by atoms with van der Waals surface area (Å²) in [7, 11) is -3.06. The topological polar surface area (TPSA) is 49.4 Å². The van der Waals surface area contributed by atoms with E-state index in [0.29, 0.717) is 19.1 Å². The van der Waals surface area contributed by atoms with Gasteiger partial charge in [0.1, 0.15) is 0 Å². The molecular formula is C16H28N2O2S. The molecular weight excluding hydrogens is 284 g/mol. The van der Waals surface area contributed by atoms with Crippen LogP contribution in [-0.4, -0.2) is 44.7 Å². The van der Waals surface area contributed by atoms with Crippen LogP contribution in [0.15, 0.2) is 30.3 Å². The number of benzene rings is 1. The van der Waals surface area contributed by atoms with E-state index in [-0.39, 0.29) is 0 Å². The lowest BCUT2D eigenvalue weighted by Gasteiger charge is -2.19. The van der Waals surface area contributed by atoms with Crippen molar-refractivity contribution in [1.29, 1.82) is 0 Å². The highest BCUT2D eigenvalue weighted by Gasteiger charge is 2.13. The summed E-state index contributed by atoms with van der Waals surface area (Å²) in [6.07, 6.45) is 4.27. The van der Waals surface area contributed by atoms with Gasteiger partial charge in [0.05, 0.1) is 6.26 Å². The predicted octanol–water partition coefficient (Wildman–Crippen LogP) is 2.27. The summed E-state index contributed by atoms with van der Waals surface area (Å²) in [6, 6.07) is 10.9. The number of nitrogens with one attached hydrogen (secondary N) is 1. The van der Waals surface area contributed by atoms with Crippen LogP contribution in [0.3, 0.4) is 0 Å². The molecule has 0 spiro atoms. The molecule has 1 unspecified atom stereocenters. The summed E-state index contributed by atoms with van der Waals surface area (Å²) in [4.78, 5) is 0. The Morgan fingerprint density at radius 1 is 1.24 bits per heavy atom. The maximum Gasteiger partial charge on any atom is 0.211 e. The van der Waals surface area contributed by atoms with E-state index >= 15 is 0 Å². The highest BCUT2D eigenvalue weighted by atomic mass is 32.2. The second kappa shape index (κ2) is 9.18. The van der Waals surface area contributed by atoms with E-state index in [1.54, 1.807) is 0 Å². The van der Waals surface area contributed by atoms with Crippen molar-refractivity contribution in [2.75, 3.05) is 25.9 Å². The van der Waals surface area contributed by atoms with Crippen LogP contribution in [0.4, 0.5) is 0 Å². The van der Waals surface area contributed by atoms with Gasteiger partial charge >= 0.3 is 0 Å². The molecule has 1 N–H and O–H groups in total. The molecule has 5 heteroatoms. The largest absolute Gasteiger partial charge is 0.314 e. The Balaban J connectivity index is 2.17. The van der Waals surface area contributed by atoms with Crippen molar-refractivity contribution >= 4 is 10.0 Å². The molecule has 0 saturated carbocycles.